The Hall–Kier alpha value is -2.12. The summed E-state index contributed by atoms with van der Waals surface area (Å²) in [7, 11) is 0. The minimum Gasteiger partial charge on any atom is -0.384 e. The Morgan fingerprint density at radius 1 is 1.42 bits per heavy atom. The molecule has 2 rings (SSSR count). The van der Waals surface area contributed by atoms with E-state index in [4.69, 9.17) is 22.2 Å². The van der Waals surface area contributed by atoms with E-state index in [0.29, 0.717) is 17.1 Å². The monoisotopic (exact) mass is 366 g/mol. The second-order valence-corrected chi connectivity index (χ2v) is 6.85. The van der Waals surface area contributed by atoms with Gasteiger partial charge in [-0.15, -0.1) is 11.3 Å². The van der Waals surface area contributed by atoms with Crippen molar-refractivity contribution in [2.75, 3.05) is 11.9 Å². The number of hydrogen-bond donors (Lipinski definition) is 2. The number of nitrogens with zero attached hydrogens (tertiary/aromatic N) is 2. The minimum absolute atomic E-state index is 0.250. The number of aryl methyl sites for hydroxylation is 3. The van der Waals surface area contributed by atoms with E-state index in [2.05, 4.69) is 15.5 Å². The van der Waals surface area contributed by atoms with Crippen molar-refractivity contribution in [1.82, 2.24) is 4.98 Å². The van der Waals surface area contributed by atoms with Crippen LogP contribution in [0.3, 0.4) is 0 Å². The average molecular weight is 367 g/mol. The first-order chi connectivity index (χ1) is 11.3. The topological polar surface area (TPSA) is 89.6 Å². The second-order valence-electron chi connectivity index (χ2n) is 5.38. The van der Waals surface area contributed by atoms with Crippen LogP contribution in [0.5, 0.6) is 0 Å². The first-order valence-electron chi connectivity index (χ1n) is 7.27. The predicted octanol–water partition coefficient (Wildman–Crippen LogP) is 3.19. The van der Waals surface area contributed by atoms with Gasteiger partial charge in [0.05, 0.1) is 27.8 Å². The van der Waals surface area contributed by atoms with E-state index in [0.717, 1.165) is 21.8 Å². The SMILES string of the molecule is Cc1cc(C)c(NC(=O)CON=C(N)Cc2csc(C)n2)c(Cl)c1. The van der Waals surface area contributed by atoms with Crippen molar-refractivity contribution in [3.8, 4) is 0 Å². The molecule has 24 heavy (non-hydrogen) atoms. The Bertz CT molecular complexity index is 750. The number of anilines is 1. The lowest BCUT2D eigenvalue weighted by Gasteiger charge is -2.11. The van der Waals surface area contributed by atoms with Crippen molar-refractivity contribution in [2.24, 2.45) is 10.9 Å². The first kappa shape index (κ1) is 18.2. The number of nitrogens with one attached hydrogen (secondary N) is 1. The Kier molecular flexibility index (Phi) is 6.16. The Morgan fingerprint density at radius 2 is 2.17 bits per heavy atom. The number of benzene rings is 1. The van der Waals surface area contributed by atoms with Gasteiger partial charge in [0.25, 0.3) is 5.91 Å². The predicted molar refractivity (Wildman–Crippen MR) is 97.7 cm³/mol. The molecule has 0 saturated carbocycles. The molecule has 0 saturated heterocycles. The van der Waals surface area contributed by atoms with Crippen LogP contribution in [0.15, 0.2) is 22.7 Å². The molecule has 0 aliphatic carbocycles. The number of oxime groups is 1. The van der Waals surface area contributed by atoms with E-state index in [-0.39, 0.29) is 18.3 Å². The summed E-state index contributed by atoms with van der Waals surface area (Å²) in [6, 6.07) is 3.73. The van der Waals surface area contributed by atoms with Crippen LogP contribution in [0, 0.1) is 20.8 Å². The third-order valence-electron chi connectivity index (χ3n) is 3.10. The standard InChI is InChI=1S/C16H19ClN4O2S/c1-9-4-10(2)16(13(17)5-9)20-15(22)7-23-21-14(18)6-12-8-24-11(3)19-12/h4-5,8H,6-7H2,1-3H3,(H2,18,21)(H,20,22). The fraction of sp³-hybridized carbons (Fsp3) is 0.312. The fourth-order valence-electron chi connectivity index (χ4n) is 2.13. The summed E-state index contributed by atoms with van der Waals surface area (Å²) in [5.41, 5.74) is 9.07. The number of amides is 1. The molecule has 0 atom stereocenters. The molecule has 3 N–H and O–H groups in total. The number of rotatable bonds is 6. The zero-order valence-electron chi connectivity index (χ0n) is 13.7. The van der Waals surface area contributed by atoms with Crippen molar-refractivity contribution in [3.05, 3.63) is 44.4 Å². The number of nitrogens with two attached hydrogens (primary N) is 1. The van der Waals surface area contributed by atoms with Gasteiger partial charge >= 0.3 is 0 Å². The number of halogens is 1. The van der Waals surface area contributed by atoms with Gasteiger partial charge in [0, 0.05) is 5.38 Å². The van der Waals surface area contributed by atoms with Crippen molar-refractivity contribution < 1.29 is 9.63 Å². The smallest absolute Gasteiger partial charge is 0.265 e. The molecule has 1 heterocycles. The molecular formula is C16H19ClN4O2S. The van der Waals surface area contributed by atoms with Gasteiger partial charge in [0.2, 0.25) is 0 Å². The molecule has 0 spiro atoms. The molecule has 0 fully saturated rings. The van der Waals surface area contributed by atoms with E-state index >= 15 is 0 Å². The van der Waals surface area contributed by atoms with Gasteiger partial charge in [0.15, 0.2) is 6.61 Å². The lowest BCUT2D eigenvalue weighted by Crippen LogP contribution is -2.20. The van der Waals surface area contributed by atoms with Crippen molar-refractivity contribution in [2.45, 2.75) is 27.2 Å². The molecule has 0 unspecified atom stereocenters. The van der Waals surface area contributed by atoms with E-state index in [1.54, 1.807) is 17.4 Å². The minimum atomic E-state index is -0.357. The highest BCUT2D eigenvalue weighted by Crippen LogP contribution is 2.27. The summed E-state index contributed by atoms with van der Waals surface area (Å²) in [5, 5.41) is 9.81. The van der Waals surface area contributed by atoms with E-state index in [1.165, 1.54) is 0 Å². The lowest BCUT2D eigenvalue weighted by molar-refractivity contribution is -0.120. The quantitative estimate of drug-likeness (QED) is 0.466. The molecule has 128 valence electrons. The maximum Gasteiger partial charge on any atom is 0.265 e. The fourth-order valence-corrected chi connectivity index (χ4v) is 3.11. The van der Waals surface area contributed by atoms with Crippen LogP contribution in [0.4, 0.5) is 5.69 Å². The molecule has 0 aliphatic heterocycles. The normalized spacial score (nSPS) is 11.4. The van der Waals surface area contributed by atoms with Crippen LogP contribution in [0.25, 0.3) is 0 Å². The molecule has 0 aliphatic rings. The Balaban J connectivity index is 1.86. The van der Waals surface area contributed by atoms with E-state index in [1.807, 2.05) is 32.2 Å². The van der Waals surface area contributed by atoms with E-state index < -0.39 is 0 Å². The van der Waals surface area contributed by atoms with Gasteiger partial charge in [-0.2, -0.15) is 0 Å². The highest BCUT2D eigenvalue weighted by Gasteiger charge is 2.10. The molecule has 2 aromatic rings. The Labute approximate surface area is 149 Å². The number of amidine groups is 1. The van der Waals surface area contributed by atoms with Crippen LogP contribution in [-0.2, 0) is 16.1 Å². The third-order valence-corrected chi connectivity index (χ3v) is 4.22. The van der Waals surface area contributed by atoms with Crippen LogP contribution in [0.1, 0.15) is 21.8 Å². The van der Waals surface area contributed by atoms with Gasteiger partial charge in [-0.1, -0.05) is 22.8 Å². The number of hydrogen-bond acceptors (Lipinski definition) is 5. The number of aromatic nitrogens is 1. The average Bonchev–Trinajstić information content (AvgIpc) is 2.88. The summed E-state index contributed by atoms with van der Waals surface area (Å²) in [4.78, 5) is 21.2. The number of carbonyl (C=O) groups excluding carboxylic acids is 1. The van der Waals surface area contributed by atoms with Gasteiger partial charge in [0.1, 0.15) is 5.84 Å². The summed E-state index contributed by atoms with van der Waals surface area (Å²) in [6.45, 7) is 5.48. The zero-order chi connectivity index (χ0) is 17.7. The maximum atomic E-state index is 11.9. The summed E-state index contributed by atoms with van der Waals surface area (Å²) in [6.07, 6.45) is 0.384. The largest absolute Gasteiger partial charge is 0.384 e. The highest BCUT2D eigenvalue weighted by molar-refractivity contribution is 7.09. The second kappa shape index (κ2) is 8.12. The molecule has 8 heteroatoms. The van der Waals surface area contributed by atoms with Crippen molar-refractivity contribution >= 4 is 40.4 Å². The molecule has 0 bridgehead atoms. The summed E-state index contributed by atoms with van der Waals surface area (Å²) < 4.78 is 0. The summed E-state index contributed by atoms with van der Waals surface area (Å²) in [5.74, 6) is -0.0949. The zero-order valence-corrected chi connectivity index (χ0v) is 15.3. The molecule has 1 aromatic heterocycles. The van der Waals surface area contributed by atoms with Gasteiger partial charge in [-0.05, 0) is 38.0 Å². The third kappa shape index (κ3) is 5.21. The maximum absolute atomic E-state index is 11.9. The Morgan fingerprint density at radius 3 is 2.79 bits per heavy atom. The molecule has 0 radical (unpaired) electrons. The summed E-state index contributed by atoms with van der Waals surface area (Å²) >= 11 is 7.69. The highest BCUT2D eigenvalue weighted by atomic mass is 35.5. The van der Waals surface area contributed by atoms with Gasteiger partial charge in [-0.3, -0.25) is 4.79 Å². The van der Waals surface area contributed by atoms with E-state index in [9.17, 15) is 4.79 Å². The number of carbonyl (C=O) groups is 1. The van der Waals surface area contributed by atoms with Gasteiger partial charge in [-0.25, -0.2) is 4.98 Å². The molecule has 1 amide bonds. The van der Waals surface area contributed by atoms with Crippen LogP contribution in [-0.4, -0.2) is 23.3 Å². The van der Waals surface area contributed by atoms with Crippen LogP contribution < -0.4 is 11.1 Å². The van der Waals surface area contributed by atoms with Crippen LogP contribution in [0.2, 0.25) is 5.02 Å². The molecule has 1 aromatic carbocycles. The number of thiazole rings is 1. The molecular weight excluding hydrogens is 348 g/mol. The lowest BCUT2D eigenvalue weighted by atomic mass is 10.1. The van der Waals surface area contributed by atoms with Crippen molar-refractivity contribution in [1.29, 1.82) is 0 Å². The molecule has 6 nitrogen and oxygen atoms in total. The first-order valence-corrected chi connectivity index (χ1v) is 8.53. The van der Waals surface area contributed by atoms with Crippen LogP contribution >= 0.6 is 22.9 Å². The van der Waals surface area contributed by atoms with Crippen molar-refractivity contribution in [3.63, 3.8) is 0 Å². The van der Waals surface area contributed by atoms with Gasteiger partial charge < -0.3 is 15.9 Å².